The lowest BCUT2D eigenvalue weighted by atomic mass is 9.43. The van der Waals surface area contributed by atoms with Crippen molar-refractivity contribution in [2.75, 3.05) is 52.5 Å². The Balaban J connectivity index is 1.05. The SMILES string of the molecule is CCCCCC[C@](C)(O)[C@H]1CCC2C3C[C@H](OC(=O)CCC(=O)NCCOCCOCC(=O)Nc4ccc(OC)c(C(N)=O)c4O)[C@H]4C[C@@H](OC)CC[C@]4(C)C3CC[C@@]21C. The molecule has 10 atom stereocenters. The summed E-state index contributed by atoms with van der Waals surface area (Å²) < 4.78 is 28.2. The number of aliphatic hydroxyl groups is 1. The van der Waals surface area contributed by atoms with E-state index in [1.165, 1.54) is 38.5 Å². The number of benzene rings is 1. The highest BCUT2D eigenvalue weighted by atomic mass is 16.5. The smallest absolute Gasteiger partial charge is 0.306 e. The van der Waals surface area contributed by atoms with Gasteiger partial charge in [0.1, 0.15) is 24.0 Å². The minimum Gasteiger partial charge on any atom is -0.505 e. The van der Waals surface area contributed by atoms with Crippen LogP contribution in [0.1, 0.15) is 134 Å². The highest BCUT2D eigenvalue weighted by molar-refractivity contribution is 6.02. The minimum absolute atomic E-state index is 0.00735. The molecular formula is C46H73N3O11. The van der Waals surface area contributed by atoms with Gasteiger partial charge in [-0.05, 0) is 111 Å². The summed E-state index contributed by atoms with van der Waals surface area (Å²) >= 11 is 0. The predicted molar refractivity (Wildman–Crippen MR) is 226 cm³/mol. The van der Waals surface area contributed by atoms with Crippen LogP contribution in [0.4, 0.5) is 5.69 Å². The van der Waals surface area contributed by atoms with Crippen LogP contribution in [0, 0.1) is 40.4 Å². The molecule has 4 aliphatic rings. The first-order chi connectivity index (χ1) is 28.6. The number of hydrogen-bond donors (Lipinski definition) is 5. The van der Waals surface area contributed by atoms with Gasteiger partial charge < -0.3 is 50.3 Å². The largest absolute Gasteiger partial charge is 0.505 e. The lowest BCUT2D eigenvalue weighted by molar-refractivity contribution is -0.198. The van der Waals surface area contributed by atoms with E-state index in [0.717, 1.165) is 64.2 Å². The second-order valence-corrected chi connectivity index (χ2v) is 18.7. The van der Waals surface area contributed by atoms with Gasteiger partial charge in [0.25, 0.3) is 5.91 Å². The molecule has 60 heavy (non-hydrogen) atoms. The van der Waals surface area contributed by atoms with Crippen molar-refractivity contribution in [3.63, 3.8) is 0 Å². The number of aromatic hydroxyl groups is 1. The summed E-state index contributed by atoms with van der Waals surface area (Å²) in [5.41, 5.74) is 4.49. The van der Waals surface area contributed by atoms with Crippen LogP contribution >= 0.6 is 0 Å². The van der Waals surface area contributed by atoms with E-state index in [0.29, 0.717) is 17.8 Å². The number of rotatable bonds is 22. The normalized spacial score (nSPS) is 30.6. The highest BCUT2D eigenvalue weighted by Gasteiger charge is 2.64. The second-order valence-electron chi connectivity index (χ2n) is 18.7. The van der Waals surface area contributed by atoms with E-state index in [4.69, 9.17) is 29.4 Å². The fraction of sp³-hybridized carbons (Fsp3) is 0.783. The Bertz CT molecular complexity index is 1640. The molecule has 5 rings (SSSR count). The zero-order valence-corrected chi connectivity index (χ0v) is 37.0. The van der Waals surface area contributed by atoms with Crippen molar-refractivity contribution in [1.29, 1.82) is 0 Å². The van der Waals surface area contributed by atoms with Crippen LogP contribution in [0.15, 0.2) is 12.1 Å². The van der Waals surface area contributed by atoms with Crippen LogP contribution in [0.2, 0.25) is 0 Å². The van der Waals surface area contributed by atoms with Gasteiger partial charge in [-0.15, -0.1) is 0 Å². The molecule has 14 nitrogen and oxygen atoms in total. The number of methoxy groups -OCH3 is 2. The van der Waals surface area contributed by atoms with E-state index in [-0.39, 0.29) is 110 Å². The molecule has 3 amide bonds. The van der Waals surface area contributed by atoms with Crippen molar-refractivity contribution in [2.45, 2.75) is 142 Å². The number of anilines is 1. The number of ether oxygens (including phenoxy) is 5. The fourth-order valence-corrected chi connectivity index (χ4v) is 12.1. The van der Waals surface area contributed by atoms with E-state index < -0.39 is 23.2 Å². The number of esters is 1. The maximum Gasteiger partial charge on any atom is 0.306 e. The first-order valence-electron chi connectivity index (χ1n) is 22.5. The lowest BCUT2D eigenvalue weighted by Gasteiger charge is -2.63. The molecule has 4 aliphatic carbocycles. The van der Waals surface area contributed by atoms with E-state index >= 15 is 0 Å². The Kier molecular flexibility index (Phi) is 16.7. The number of nitrogens with two attached hydrogens (primary N) is 1. The van der Waals surface area contributed by atoms with Gasteiger partial charge in [0.15, 0.2) is 5.75 Å². The predicted octanol–water partition coefficient (Wildman–Crippen LogP) is 6.28. The molecule has 4 saturated carbocycles. The van der Waals surface area contributed by atoms with E-state index in [1.54, 1.807) is 7.11 Å². The van der Waals surface area contributed by atoms with E-state index in [9.17, 15) is 29.4 Å². The van der Waals surface area contributed by atoms with Crippen LogP contribution in [0.5, 0.6) is 11.5 Å². The Morgan fingerprint density at radius 1 is 0.883 bits per heavy atom. The molecule has 0 aliphatic heterocycles. The molecule has 0 saturated heterocycles. The van der Waals surface area contributed by atoms with E-state index in [2.05, 4.69) is 38.3 Å². The fourth-order valence-electron chi connectivity index (χ4n) is 12.1. The summed E-state index contributed by atoms with van der Waals surface area (Å²) in [7, 11) is 3.11. The zero-order chi connectivity index (χ0) is 43.7. The molecule has 4 fully saturated rings. The second kappa shape index (κ2) is 21.1. The highest BCUT2D eigenvalue weighted by Crippen LogP contribution is 2.69. The van der Waals surface area contributed by atoms with Crippen LogP contribution in [-0.4, -0.2) is 98.9 Å². The first kappa shape index (κ1) is 47.6. The summed E-state index contributed by atoms with van der Waals surface area (Å²) in [6.45, 7) is 9.60. The van der Waals surface area contributed by atoms with Crippen LogP contribution in [0.3, 0.4) is 0 Å². The summed E-state index contributed by atoms with van der Waals surface area (Å²) in [6.07, 6.45) is 13.6. The summed E-state index contributed by atoms with van der Waals surface area (Å²) in [5.74, 6) is -0.554. The molecule has 1 aromatic rings. The van der Waals surface area contributed by atoms with Crippen molar-refractivity contribution in [3.05, 3.63) is 17.7 Å². The number of fused-ring (bicyclic) bond motifs is 5. The Labute approximate surface area is 356 Å². The summed E-state index contributed by atoms with van der Waals surface area (Å²) in [5, 5.41) is 27.5. The number of carbonyl (C=O) groups is 4. The van der Waals surface area contributed by atoms with Gasteiger partial charge in [0, 0.05) is 26.0 Å². The van der Waals surface area contributed by atoms with Gasteiger partial charge in [0.2, 0.25) is 11.8 Å². The van der Waals surface area contributed by atoms with Crippen LogP contribution in [-0.2, 0) is 33.3 Å². The number of amides is 3. The monoisotopic (exact) mass is 844 g/mol. The minimum atomic E-state index is -0.905. The molecule has 3 unspecified atom stereocenters. The Morgan fingerprint density at radius 3 is 2.33 bits per heavy atom. The molecular weight excluding hydrogens is 771 g/mol. The van der Waals surface area contributed by atoms with Crippen molar-refractivity contribution < 1.29 is 53.1 Å². The molecule has 0 bridgehead atoms. The van der Waals surface area contributed by atoms with Crippen molar-refractivity contribution in [1.82, 2.24) is 5.32 Å². The quantitative estimate of drug-likeness (QED) is 0.0499. The van der Waals surface area contributed by atoms with Gasteiger partial charge in [-0.1, -0.05) is 46.5 Å². The third-order valence-electron chi connectivity index (χ3n) is 15.1. The van der Waals surface area contributed by atoms with Crippen LogP contribution < -0.4 is 21.1 Å². The number of primary amides is 1. The molecule has 0 radical (unpaired) electrons. The number of unbranched alkanes of at least 4 members (excludes halogenated alkanes) is 3. The number of phenols is 1. The van der Waals surface area contributed by atoms with Gasteiger partial charge in [0.05, 0.1) is 50.7 Å². The van der Waals surface area contributed by atoms with Gasteiger partial charge in [-0.3, -0.25) is 19.2 Å². The first-order valence-corrected chi connectivity index (χ1v) is 22.5. The standard InChI is InChI=1S/C46H73N3O11/c1-7-8-9-10-19-46(4,55)37-14-11-31-30-27-36(33-26-29(56-5)17-20-44(33,2)32(30)18-21-45(31,37)3)60-40(52)16-15-38(50)48-22-23-58-24-25-59-28-39(51)49-34-12-13-35(57-6)41(42(34)53)43(47)54/h12-13,29-33,36-37,53,55H,7-11,14-28H2,1-6H3,(H2,47,54)(H,48,50)(H,49,51)/t29-,30?,31?,32?,33+,36-,37-,44+,45-,46-/m0/s1. The van der Waals surface area contributed by atoms with Crippen LogP contribution in [0.25, 0.3) is 0 Å². The lowest BCUT2D eigenvalue weighted by Crippen LogP contribution is -2.59. The topological polar surface area (TPSA) is 205 Å². The van der Waals surface area contributed by atoms with Crippen molar-refractivity contribution in [2.24, 2.45) is 46.2 Å². The summed E-state index contributed by atoms with van der Waals surface area (Å²) in [6, 6.07) is 2.79. The number of nitrogens with one attached hydrogen (secondary N) is 2. The summed E-state index contributed by atoms with van der Waals surface area (Å²) in [4.78, 5) is 50.2. The molecule has 6 N–H and O–H groups in total. The van der Waals surface area contributed by atoms with Gasteiger partial charge in [-0.2, -0.15) is 0 Å². The van der Waals surface area contributed by atoms with Crippen molar-refractivity contribution in [3.8, 4) is 11.5 Å². The average Bonchev–Trinajstić information content (AvgIpc) is 3.58. The molecule has 338 valence electrons. The Morgan fingerprint density at radius 2 is 1.62 bits per heavy atom. The molecule has 0 aromatic heterocycles. The zero-order valence-electron chi connectivity index (χ0n) is 37.0. The van der Waals surface area contributed by atoms with Gasteiger partial charge in [-0.25, -0.2) is 0 Å². The maximum absolute atomic E-state index is 13.5. The molecule has 14 heteroatoms. The molecule has 0 heterocycles. The molecule has 1 aromatic carbocycles. The Hall–Kier alpha value is -3.46. The molecule has 0 spiro atoms. The average molecular weight is 844 g/mol. The third-order valence-corrected chi connectivity index (χ3v) is 15.1. The number of hydrogen-bond acceptors (Lipinski definition) is 11. The van der Waals surface area contributed by atoms with Gasteiger partial charge >= 0.3 is 5.97 Å². The van der Waals surface area contributed by atoms with E-state index in [1.807, 2.05) is 0 Å². The number of carbonyl (C=O) groups excluding carboxylic acids is 4. The maximum atomic E-state index is 13.5. The van der Waals surface area contributed by atoms with Crippen molar-refractivity contribution >= 4 is 29.4 Å². The third kappa shape index (κ3) is 10.9.